The molecule has 0 radical (unpaired) electrons. The van der Waals surface area contributed by atoms with Crippen molar-refractivity contribution in [3.8, 4) is 16.9 Å². The van der Waals surface area contributed by atoms with Crippen molar-refractivity contribution in [1.29, 1.82) is 0 Å². The maximum absolute atomic E-state index is 13.5. The highest BCUT2D eigenvalue weighted by molar-refractivity contribution is 5.75. The van der Waals surface area contributed by atoms with Crippen LogP contribution in [0.1, 0.15) is 66.2 Å². The second kappa shape index (κ2) is 10.6. The molecule has 3 heterocycles. The van der Waals surface area contributed by atoms with Crippen LogP contribution in [0, 0.1) is 0 Å². The summed E-state index contributed by atoms with van der Waals surface area (Å²) in [5.41, 5.74) is -0.432. The molecule has 1 aromatic heterocycles. The number of hydrogen-bond acceptors (Lipinski definition) is 6. The monoisotopic (exact) mass is 606 g/mol. The predicted octanol–water partition coefficient (Wildman–Crippen LogP) is 7.36. The van der Waals surface area contributed by atoms with E-state index in [-0.39, 0.29) is 12.6 Å². The number of alkyl halides is 6. The van der Waals surface area contributed by atoms with Crippen molar-refractivity contribution in [3.05, 3.63) is 70.5 Å². The van der Waals surface area contributed by atoms with E-state index < -0.39 is 47.3 Å². The van der Waals surface area contributed by atoms with Crippen LogP contribution in [0.5, 0.6) is 5.75 Å². The first-order valence-electron chi connectivity index (χ1n) is 13.9. The number of benzene rings is 2. The Kier molecular flexibility index (Phi) is 7.16. The Morgan fingerprint density at radius 3 is 2.19 bits per heavy atom. The van der Waals surface area contributed by atoms with Crippen molar-refractivity contribution in [2.75, 3.05) is 25.1 Å². The number of carbonyl (C=O) groups excluding carboxylic acids is 1. The molecule has 2 aromatic carbocycles. The van der Waals surface area contributed by atoms with E-state index in [0.29, 0.717) is 41.0 Å². The van der Waals surface area contributed by atoms with E-state index in [9.17, 15) is 31.1 Å². The zero-order valence-electron chi connectivity index (χ0n) is 23.3. The third-order valence-corrected chi connectivity index (χ3v) is 8.21. The predicted molar refractivity (Wildman–Crippen MR) is 143 cm³/mol. The van der Waals surface area contributed by atoms with Crippen LogP contribution in [-0.4, -0.2) is 47.2 Å². The fourth-order valence-electron chi connectivity index (χ4n) is 5.49. The molecule has 228 valence electrons. The number of halogens is 6. The van der Waals surface area contributed by atoms with Crippen molar-refractivity contribution >= 4 is 12.0 Å². The summed E-state index contributed by atoms with van der Waals surface area (Å²) >= 11 is 0. The van der Waals surface area contributed by atoms with Gasteiger partial charge in [-0.1, -0.05) is 6.07 Å². The molecule has 2 atom stereocenters. The molecular weight excluding hydrogens is 578 g/mol. The lowest BCUT2D eigenvalue weighted by atomic mass is 9.97. The highest BCUT2D eigenvalue weighted by Gasteiger charge is 2.44. The SMILES string of the molecule is COc1ccc(C2CC2)cc1-c1cnc(N2CCC2)nc1CN1C(=O)O[C@H](c2cc(C(F)(F)F)cc(C(F)(F)F)c2)[C@@H]1C. The minimum atomic E-state index is -5.03. The summed E-state index contributed by atoms with van der Waals surface area (Å²) in [4.78, 5) is 25.7. The lowest BCUT2D eigenvalue weighted by molar-refractivity contribution is -0.143. The van der Waals surface area contributed by atoms with E-state index in [2.05, 4.69) is 4.98 Å². The molecule has 1 amide bonds. The number of ether oxygens (including phenoxy) is 2. The summed E-state index contributed by atoms with van der Waals surface area (Å²) in [6, 6.07) is 6.22. The minimum absolute atomic E-state index is 0.0519. The lowest BCUT2D eigenvalue weighted by Crippen LogP contribution is -2.39. The summed E-state index contributed by atoms with van der Waals surface area (Å²) in [7, 11) is 1.54. The van der Waals surface area contributed by atoms with Crippen molar-refractivity contribution in [1.82, 2.24) is 14.9 Å². The smallest absolute Gasteiger partial charge is 0.416 e. The van der Waals surface area contributed by atoms with Gasteiger partial charge in [0.2, 0.25) is 5.95 Å². The van der Waals surface area contributed by atoms with Gasteiger partial charge in [0.1, 0.15) is 11.9 Å². The summed E-state index contributed by atoms with van der Waals surface area (Å²) in [5, 5.41) is 0. The highest BCUT2D eigenvalue weighted by Crippen LogP contribution is 2.45. The number of aromatic nitrogens is 2. The molecule has 2 aliphatic heterocycles. The van der Waals surface area contributed by atoms with Crippen LogP contribution in [-0.2, 0) is 23.6 Å². The van der Waals surface area contributed by atoms with Gasteiger partial charge < -0.3 is 14.4 Å². The van der Waals surface area contributed by atoms with E-state index in [1.165, 1.54) is 11.8 Å². The minimum Gasteiger partial charge on any atom is -0.496 e. The molecule has 1 saturated carbocycles. The first-order valence-corrected chi connectivity index (χ1v) is 13.9. The normalized spacial score (nSPS) is 20.7. The summed E-state index contributed by atoms with van der Waals surface area (Å²) < 4.78 is 92.2. The molecule has 0 spiro atoms. The van der Waals surface area contributed by atoms with Gasteiger partial charge in [0, 0.05) is 30.4 Å². The Morgan fingerprint density at radius 2 is 1.63 bits per heavy atom. The third-order valence-electron chi connectivity index (χ3n) is 8.21. The number of carbonyl (C=O) groups is 1. The number of cyclic esters (lactones) is 1. The zero-order valence-corrected chi connectivity index (χ0v) is 23.3. The van der Waals surface area contributed by atoms with E-state index in [0.717, 1.165) is 43.5 Å². The Labute approximate surface area is 243 Å². The van der Waals surface area contributed by atoms with Gasteiger partial charge in [-0.2, -0.15) is 26.3 Å². The van der Waals surface area contributed by atoms with Crippen molar-refractivity contribution in [2.24, 2.45) is 0 Å². The van der Waals surface area contributed by atoms with Gasteiger partial charge in [0.05, 0.1) is 36.5 Å². The van der Waals surface area contributed by atoms with E-state index in [1.807, 2.05) is 23.1 Å². The first kappa shape index (κ1) is 29.1. The van der Waals surface area contributed by atoms with Gasteiger partial charge in [0.15, 0.2) is 0 Å². The van der Waals surface area contributed by atoms with Crippen molar-refractivity contribution in [2.45, 2.75) is 63.1 Å². The Balaban J connectivity index is 1.37. The molecule has 1 aliphatic carbocycles. The Bertz CT molecular complexity index is 1520. The van der Waals surface area contributed by atoms with Gasteiger partial charge >= 0.3 is 18.4 Å². The molecule has 0 N–H and O–H groups in total. The number of methoxy groups -OCH3 is 1. The maximum atomic E-state index is 13.5. The molecule has 2 saturated heterocycles. The van der Waals surface area contributed by atoms with Gasteiger partial charge in [0.25, 0.3) is 0 Å². The molecule has 6 rings (SSSR count). The molecule has 0 unspecified atom stereocenters. The van der Waals surface area contributed by atoms with Crippen molar-refractivity contribution < 1.29 is 40.6 Å². The second-order valence-corrected chi connectivity index (χ2v) is 11.1. The quantitative estimate of drug-likeness (QED) is 0.262. The standard InChI is InChI=1S/C30H28F6N4O3/c1-16-26(19-10-20(29(31,32)33)13-21(11-19)30(34,35)36)43-28(41)40(16)15-24-23(14-37-27(38-24)39-8-3-9-39)22-12-18(17-4-5-17)6-7-25(22)42-2/h6-7,10-14,16-17,26H,3-5,8-9,15H2,1-2H3/t16-,26-/m0/s1. The van der Waals surface area contributed by atoms with Gasteiger partial charge in [-0.15, -0.1) is 0 Å². The van der Waals surface area contributed by atoms with Crippen LogP contribution >= 0.6 is 0 Å². The molecule has 0 bridgehead atoms. The molecular formula is C30H28F6N4O3. The fraction of sp³-hybridized carbons (Fsp3) is 0.433. The average molecular weight is 607 g/mol. The molecule has 7 nitrogen and oxygen atoms in total. The molecule has 13 heteroatoms. The van der Waals surface area contributed by atoms with Crippen molar-refractivity contribution in [3.63, 3.8) is 0 Å². The van der Waals surface area contributed by atoms with E-state index in [4.69, 9.17) is 14.5 Å². The van der Waals surface area contributed by atoms with Crippen LogP contribution < -0.4 is 9.64 Å². The first-order chi connectivity index (χ1) is 20.3. The van der Waals surface area contributed by atoms with Gasteiger partial charge in [-0.3, -0.25) is 4.90 Å². The van der Waals surface area contributed by atoms with E-state index in [1.54, 1.807) is 13.3 Å². The average Bonchev–Trinajstić information content (AvgIpc) is 3.73. The lowest BCUT2D eigenvalue weighted by Gasteiger charge is -2.31. The number of anilines is 1. The molecule has 3 fully saturated rings. The number of hydrogen-bond donors (Lipinski definition) is 0. The summed E-state index contributed by atoms with van der Waals surface area (Å²) in [5.74, 6) is 1.48. The largest absolute Gasteiger partial charge is 0.496 e. The van der Waals surface area contributed by atoms with Crippen LogP contribution in [0.4, 0.5) is 37.1 Å². The van der Waals surface area contributed by atoms with Gasteiger partial charge in [-0.25, -0.2) is 14.8 Å². The number of nitrogens with zero attached hydrogens (tertiary/aromatic N) is 4. The van der Waals surface area contributed by atoms with Crippen LogP contribution in [0.15, 0.2) is 42.6 Å². The molecule has 3 aromatic rings. The zero-order chi connectivity index (χ0) is 30.7. The van der Waals surface area contributed by atoms with Crippen LogP contribution in [0.25, 0.3) is 11.1 Å². The summed E-state index contributed by atoms with van der Waals surface area (Å²) in [6.07, 6.45) is -7.51. The van der Waals surface area contributed by atoms with Crippen LogP contribution in [0.3, 0.4) is 0 Å². The Hall–Kier alpha value is -4.03. The number of rotatable bonds is 7. The topological polar surface area (TPSA) is 67.8 Å². The second-order valence-electron chi connectivity index (χ2n) is 11.1. The molecule has 43 heavy (non-hydrogen) atoms. The summed E-state index contributed by atoms with van der Waals surface area (Å²) in [6.45, 7) is 2.94. The van der Waals surface area contributed by atoms with E-state index >= 15 is 0 Å². The fourth-order valence-corrected chi connectivity index (χ4v) is 5.49. The highest BCUT2D eigenvalue weighted by atomic mass is 19.4. The van der Waals surface area contributed by atoms with Gasteiger partial charge in [-0.05, 0) is 73.6 Å². The maximum Gasteiger partial charge on any atom is 0.416 e. The number of amides is 1. The van der Waals surface area contributed by atoms with Crippen LogP contribution in [0.2, 0.25) is 0 Å². The Morgan fingerprint density at radius 1 is 0.953 bits per heavy atom. The molecule has 3 aliphatic rings. The third kappa shape index (κ3) is 5.68.